The maximum atomic E-state index is 13.5. The van der Waals surface area contributed by atoms with E-state index in [1.54, 1.807) is 18.2 Å². The normalized spacial score (nSPS) is 12.5. The SMILES string of the molecule is CC(C(=O)O)n1c(-c2ccccn2)nc2cc(F)c(F)cc21. The number of imidazole rings is 1. The van der Waals surface area contributed by atoms with Crippen LogP contribution >= 0.6 is 0 Å². The average Bonchev–Trinajstić information content (AvgIpc) is 2.86. The lowest BCUT2D eigenvalue weighted by Gasteiger charge is -2.13. The topological polar surface area (TPSA) is 68.0 Å². The van der Waals surface area contributed by atoms with Gasteiger partial charge in [0.25, 0.3) is 0 Å². The van der Waals surface area contributed by atoms with Crippen molar-refractivity contribution in [3.05, 3.63) is 48.2 Å². The summed E-state index contributed by atoms with van der Waals surface area (Å²) in [4.78, 5) is 19.7. The van der Waals surface area contributed by atoms with Crippen LogP contribution < -0.4 is 0 Å². The molecule has 0 saturated heterocycles. The summed E-state index contributed by atoms with van der Waals surface area (Å²) in [5, 5.41) is 9.27. The summed E-state index contributed by atoms with van der Waals surface area (Å²) in [5.41, 5.74) is 0.801. The number of hydrogen-bond acceptors (Lipinski definition) is 3. The molecule has 0 amide bonds. The van der Waals surface area contributed by atoms with Gasteiger partial charge in [0.05, 0.1) is 11.0 Å². The fourth-order valence-corrected chi connectivity index (χ4v) is 2.27. The van der Waals surface area contributed by atoms with E-state index >= 15 is 0 Å². The Morgan fingerprint density at radius 1 is 1.27 bits per heavy atom. The van der Waals surface area contributed by atoms with Crippen LogP contribution in [0.1, 0.15) is 13.0 Å². The van der Waals surface area contributed by atoms with Crippen LogP contribution in [-0.4, -0.2) is 25.6 Å². The van der Waals surface area contributed by atoms with Gasteiger partial charge in [-0.25, -0.2) is 18.6 Å². The fourth-order valence-electron chi connectivity index (χ4n) is 2.27. The molecule has 112 valence electrons. The third-order valence-corrected chi connectivity index (χ3v) is 3.37. The number of carbonyl (C=O) groups is 1. The van der Waals surface area contributed by atoms with Crippen LogP contribution in [0.25, 0.3) is 22.6 Å². The highest BCUT2D eigenvalue weighted by Crippen LogP contribution is 2.28. The molecule has 0 fully saturated rings. The highest BCUT2D eigenvalue weighted by atomic mass is 19.2. The lowest BCUT2D eigenvalue weighted by atomic mass is 10.2. The minimum absolute atomic E-state index is 0.174. The van der Waals surface area contributed by atoms with E-state index in [1.165, 1.54) is 17.7 Å². The highest BCUT2D eigenvalue weighted by Gasteiger charge is 2.23. The smallest absolute Gasteiger partial charge is 0.326 e. The van der Waals surface area contributed by atoms with E-state index in [-0.39, 0.29) is 16.9 Å². The van der Waals surface area contributed by atoms with Crippen LogP contribution in [0.3, 0.4) is 0 Å². The number of fused-ring (bicyclic) bond motifs is 1. The molecule has 0 aliphatic rings. The second kappa shape index (κ2) is 5.18. The Kier molecular flexibility index (Phi) is 3.32. The Labute approximate surface area is 123 Å². The van der Waals surface area contributed by atoms with E-state index in [9.17, 15) is 18.7 Å². The summed E-state index contributed by atoms with van der Waals surface area (Å²) >= 11 is 0. The second-order valence-corrected chi connectivity index (χ2v) is 4.79. The number of nitrogens with zero attached hydrogens (tertiary/aromatic N) is 3. The molecule has 3 aromatic rings. The predicted octanol–water partition coefficient (Wildman–Crippen LogP) is 3.02. The van der Waals surface area contributed by atoms with Gasteiger partial charge in [0.1, 0.15) is 11.7 Å². The Bertz CT molecular complexity index is 862. The molecule has 0 aliphatic carbocycles. The summed E-state index contributed by atoms with van der Waals surface area (Å²) in [7, 11) is 0. The first-order valence-electron chi connectivity index (χ1n) is 6.50. The van der Waals surface area contributed by atoms with Crippen molar-refractivity contribution < 1.29 is 18.7 Å². The molecule has 2 aromatic heterocycles. The number of carboxylic acids is 1. The predicted molar refractivity (Wildman–Crippen MR) is 75.2 cm³/mol. The van der Waals surface area contributed by atoms with Crippen LogP contribution in [0, 0.1) is 11.6 Å². The number of halogens is 2. The van der Waals surface area contributed by atoms with Gasteiger partial charge in [-0.3, -0.25) is 4.98 Å². The van der Waals surface area contributed by atoms with Crippen molar-refractivity contribution >= 4 is 17.0 Å². The molecule has 1 unspecified atom stereocenters. The average molecular weight is 303 g/mol. The minimum atomic E-state index is -1.11. The van der Waals surface area contributed by atoms with Crippen molar-refractivity contribution in [1.82, 2.24) is 14.5 Å². The van der Waals surface area contributed by atoms with E-state index in [4.69, 9.17) is 0 Å². The zero-order chi connectivity index (χ0) is 15.9. The number of carboxylic acid groups (broad SMARTS) is 1. The lowest BCUT2D eigenvalue weighted by Crippen LogP contribution is -2.16. The standard InChI is InChI=1S/C15H11F2N3O2/c1-8(15(21)22)20-13-7-10(17)9(16)6-12(13)19-14(20)11-4-2-3-5-18-11/h2-8H,1H3,(H,21,22). The van der Waals surface area contributed by atoms with Crippen molar-refractivity contribution in [2.24, 2.45) is 0 Å². The van der Waals surface area contributed by atoms with Gasteiger partial charge in [-0.05, 0) is 19.1 Å². The molecule has 0 aliphatic heterocycles. The molecule has 1 atom stereocenters. The molecule has 3 rings (SSSR count). The van der Waals surface area contributed by atoms with Gasteiger partial charge in [0.2, 0.25) is 0 Å². The van der Waals surface area contributed by atoms with Crippen molar-refractivity contribution in [3.63, 3.8) is 0 Å². The Morgan fingerprint density at radius 3 is 2.64 bits per heavy atom. The maximum absolute atomic E-state index is 13.5. The largest absolute Gasteiger partial charge is 0.480 e. The molecule has 2 heterocycles. The van der Waals surface area contributed by atoms with Crippen molar-refractivity contribution in [3.8, 4) is 11.5 Å². The summed E-state index contributed by atoms with van der Waals surface area (Å²) in [6, 6.07) is 5.96. The number of aromatic nitrogens is 3. The van der Waals surface area contributed by atoms with E-state index < -0.39 is 23.6 Å². The van der Waals surface area contributed by atoms with Crippen LogP contribution in [-0.2, 0) is 4.79 Å². The molecular formula is C15H11F2N3O2. The Hall–Kier alpha value is -2.83. The van der Waals surface area contributed by atoms with Crippen LogP contribution in [0.5, 0.6) is 0 Å². The lowest BCUT2D eigenvalue weighted by molar-refractivity contribution is -0.140. The summed E-state index contributed by atoms with van der Waals surface area (Å²) in [6.45, 7) is 1.44. The summed E-state index contributed by atoms with van der Waals surface area (Å²) in [5.74, 6) is -2.96. The third-order valence-electron chi connectivity index (χ3n) is 3.37. The van der Waals surface area contributed by atoms with Gasteiger partial charge < -0.3 is 9.67 Å². The molecule has 1 N–H and O–H groups in total. The van der Waals surface area contributed by atoms with Gasteiger partial charge in [-0.15, -0.1) is 0 Å². The molecule has 7 heteroatoms. The highest BCUT2D eigenvalue weighted by molar-refractivity contribution is 5.84. The molecule has 1 aromatic carbocycles. The Morgan fingerprint density at radius 2 is 2.00 bits per heavy atom. The van der Waals surface area contributed by atoms with Crippen LogP contribution in [0.15, 0.2) is 36.5 Å². The van der Waals surface area contributed by atoms with Gasteiger partial charge in [-0.2, -0.15) is 0 Å². The molecule has 0 saturated carbocycles. The zero-order valence-electron chi connectivity index (χ0n) is 11.5. The minimum Gasteiger partial charge on any atom is -0.480 e. The number of hydrogen-bond donors (Lipinski definition) is 1. The van der Waals surface area contributed by atoms with E-state index in [0.717, 1.165) is 12.1 Å². The van der Waals surface area contributed by atoms with E-state index in [2.05, 4.69) is 9.97 Å². The zero-order valence-corrected chi connectivity index (χ0v) is 11.5. The van der Waals surface area contributed by atoms with Gasteiger partial charge in [0.15, 0.2) is 17.5 Å². The fraction of sp³-hybridized carbons (Fsp3) is 0.133. The monoisotopic (exact) mass is 303 g/mol. The molecule has 0 radical (unpaired) electrons. The number of aliphatic carboxylic acids is 1. The van der Waals surface area contributed by atoms with Crippen molar-refractivity contribution in [1.29, 1.82) is 0 Å². The van der Waals surface area contributed by atoms with Crippen molar-refractivity contribution in [2.45, 2.75) is 13.0 Å². The van der Waals surface area contributed by atoms with Gasteiger partial charge >= 0.3 is 5.97 Å². The first-order chi connectivity index (χ1) is 10.5. The Balaban J connectivity index is 2.36. The molecule has 5 nitrogen and oxygen atoms in total. The molecular weight excluding hydrogens is 292 g/mol. The first kappa shape index (κ1) is 14.1. The maximum Gasteiger partial charge on any atom is 0.326 e. The van der Waals surface area contributed by atoms with E-state index in [1.807, 2.05) is 0 Å². The van der Waals surface area contributed by atoms with Gasteiger partial charge in [0, 0.05) is 18.3 Å². The van der Waals surface area contributed by atoms with Crippen molar-refractivity contribution in [2.75, 3.05) is 0 Å². The number of benzene rings is 1. The summed E-state index contributed by atoms with van der Waals surface area (Å²) in [6.07, 6.45) is 1.53. The number of pyridine rings is 1. The first-order valence-corrected chi connectivity index (χ1v) is 6.50. The van der Waals surface area contributed by atoms with Gasteiger partial charge in [-0.1, -0.05) is 6.07 Å². The molecule has 22 heavy (non-hydrogen) atoms. The van der Waals surface area contributed by atoms with Crippen LogP contribution in [0.2, 0.25) is 0 Å². The third kappa shape index (κ3) is 2.20. The quantitative estimate of drug-likeness (QED) is 0.807. The second-order valence-electron chi connectivity index (χ2n) is 4.79. The number of rotatable bonds is 3. The van der Waals surface area contributed by atoms with Crippen LogP contribution in [0.4, 0.5) is 8.78 Å². The van der Waals surface area contributed by atoms with E-state index in [0.29, 0.717) is 5.69 Å². The summed E-state index contributed by atoms with van der Waals surface area (Å²) < 4.78 is 28.3. The molecule has 0 bridgehead atoms. The molecule has 0 spiro atoms.